The van der Waals surface area contributed by atoms with Gasteiger partial charge in [0.1, 0.15) is 0 Å². The zero-order chi connectivity index (χ0) is 22.9. The molecule has 1 rings (SSSR count). The molecular weight excluding hydrogens is 398 g/mol. The molecule has 0 N–H and O–H groups in total. The average molecular weight is 440 g/mol. The third kappa shape index (κ3) is 13.9. The lowest BCUT2D eigenvalue weighted by molar-refractivity contribution is -0.197. The molecule has 7 nitrogen and oxygen atoms in total. The van der Waals surface area contributed by atoms with Crippen LogP contribution in [0.3, 0.4) is 0 Å². The minimum Gasteiger partial charge on any atom is -0.463 e. The van der Waals surface area contributed by atoms with Crippen LogP contribution in [0.2, 0.25) is 0 Å². The van der Waals surface area contributed by atoms with Gasteiger partial charge >= 0.3 is 11.9 Å². The van der Waals surface area contributed by atoms with Gasteiger partial charge in [0.25, 0.3) is 11.8 Å². The lowest BCUT2D eigenvalue weighted by Gasteiger charge is -2.12. The minimum atomic E-state index is -0.501. The Morgan fingerprint density at radius 3 is 1.42 bits per heavy atom. The number of carbonyl (C=O) groups is 4. The molecule has 0 bridgehead atoms. The van der Waals surface area contributed by atoms with Gasteiger partial charge in [-0.1, -0.05) is 70.6 Å². The van der Waals surface area contributed by atoms with Gasteiger partial charge in [-0.3, -0.25) is 14.4 Å². The molecule has 0 radical (unpaired) electrons. The number of esters is 1. The van der Waals surface area contributed by atoms with E-state index in [4.69, 9.17) is 9.57 Å². The Balaban J connectivity index is 1.80. The van der Waals surface area contributed by atoms with Gasteiger partial charge in [-0.2, -0.15) is 0 Å². The van der Waals surface area contributed by atoms with Crippen molar-refractivity contribution in [1.29, 1.82) is 0 Å². The van der Waals surface area contributed by atoms with Crippen molar-refractivity contribution in [2.24, 2.45) is 0 Å². The standard InChI is InChI=1S/C24H41NO6/c1-20(2)30-23(28)16-14-12-10-8-6-4-3-5-7-9-11-13-15-17-24(29)31-25-21(26)18-19-22(25)27/h20H,3-19H2,1-2H3. The number of rotatable bonds is 18. The van der Waals surface area contributed by atoms with E-state index >= 15 is 0 Å². The number of hydroxylamine groups is 2. The molecule has 1 aliphatic heterocycles. The summed E-state index contributed by atoms with van der Waals surface area (Å²) in [5.41, 5.74) is 0. The summed E-state index contributed by atoms with van der Waals surface area (Å²) in [5, 5.41) is 0.617. The highest BCUT2D eigenvalue weighted by Crippen LogP contribution is 2.15. The lowest BCUT2D eigenvalue weighted by atomic mass is 10.0. The molecule has 1 saturated heterocycles. The molecular formula is C24H41NO6. The first-order chi connectivity index (χ1) is 14.9. The van der Waals surface area contributed by atoms with Gasteiger partial charge in [0, 0.05) is 25.7 Å². The fourth-order valence-electron chi connectivity index (χ4n) is 3.61. The molecule has 7 heteroatoms. The molecule has 31 heavy (non-hydrogen) atoms. The normalized spacial score (nSPS) is 13.8. The molecule has 0 aromatic carbocycles. The second-order valence-corrected chi connectivity index (χ2v) is 8.68. The fraction of sp³-hybridized carbons (Fsp3) is 0.833. The largest absolute Gasteiger partial charge is 0.463 e. The van der Waals surface area contributed by atoms with Crippen LogP contribution in [-0.4, -0.2) is 34.9 Å². The molecule has 0 unspecified atom stereocenters. The highest BCUT2D eigenvalue weighted by atomic mass is 16.7. The molecule has 0 aliphatic carbocycles. The first-order valence-electron chi connectivity index (χ1n) is 12.2. The topological polar surface area (TPSA) is 90.0 Å². The molecule has 1 fully saturated rings. The average Bonchev–Trinajstić information content (AvgIpc) is 3.02. The smallest absolute Gasteiger partial charge is 0.333 e. The van der Waals surface area contributed by atoms with Gasteiger partial charge in [0.15, 0.2) is 0 Å². The van der Waals surface area contributed by atoms with Crippen LogP contribution in [0.15, 0.2) is 0 Å². The Morgan fingerprint density at radius 1 is 0.677 bits per heavy atom. The number of unbranched alkanes of at least 4 members (excludes halogenated alkanes) is 12. The Kier molecular flexibility index (Phi) is 14.6. The molecule has 1 heterocycles. The molecule has 0 aromatic rings. The maximum absolute atomic E-state index is 11.7. The first-order valence-corrected chi connectivity index (χ1v) is 12.2. The lowest BCUT2D eigenvalue weighted by Crippen LogP contribution is -2.31. The summed E-state index contributed by atoms with van der Waals surface area (Å²) in [6.07, 6.45) is 15.7. The SMILES string of the molecule is CC(C)OC(=O)CCCCCCCCCCCCCCCC(=O)ON1C(=O)CCC1=O. The molecule has 178 valence electrons. The third-order valence-electron chi connectivity index (χ3n) is 5.33. The summed E-state index contributed by atoms with van der Waals surface area (Å²) in [6.45, 7) is 3.76. The summed E-state index contributed by atoms with van der Waals surface area (Å²) >= 11 is 0. The van der Waals surface area contributed by atoms with E-state index in [2.05, 4.69) is 0 Å². The van der Waals surface area contributed by atoms with Crippen LogP contribution in [0.5, 0.6) is 0 Å². The van der Waals surface area contributed by atoms with Gasteiger partial charge in [-0.05, 0) is 26.7 Å². The number of amides is 2. The predicted octanol–water partition coefficient (Wildman–Crippen LogP) is 5.40. The Morgan fingerprint density at radius 2 is 1.03 bits per heavy atom. The van der Waals surface area contributed by atoms with E-state index in [1.165, 1.54) is 51.4 Å². The van der Waals surface area contributed by atoms with Crippen LogP contribution >= 0.6 is 0 Å². The molecule has 1 aliphatic rings. The summed E-state index contributed by atoms with van der Waals surface area (Å²) in [6, 6.07) is 0. The van der Waals surface area contributed by atoms with Gasteiger partial charge in [0.05, 0.1) is 6.10 Å². The zero-order valence-electron chi connectivity index (χ0n) is 19.5. The van der Waals surface area contributed by atoms with E-state index in [0.29, 0.717) is 11.5 Å². The molecule has 0 spiro atoms. The predicted molar refractivity (Wildman–Crippen MR) is 118 cm³/mol. The summed E-state index contributed by atoms with van der Waals surface area (Å²) in [4.78, 5) is 50.7. The maximum atomic E-state index is 11.7. The summed E-state index contributed by atoms with van der Waals surface area (Å²) in [7, 11) is 0. The number of carbonyl (C=O) groups excluding carboxylic acids is 4. The summed E-state index contributed by atoms with van der Waals surface area (Å²) < 4.78 is 5.12. The molecule has 0 saturated carbocycles. The van der Waals surface area contributed by atoms with Crippen molar-refractivity contribution < 1.29 is 28.8 Å². The van der Waals surface area contributed by atoms with Crippen LogP contribution in [0, 0.1) is 0 Å². The van der Waals surface area contributed by atoms with Crippen molar-refractivity contribution in [2.45, 2.75) is 129 Å². The van der Waals surface area contributed by atoms with Crippen LogP contribution in [0.4, 0.5) is 0 Å². The number of hydrogen-bond acceptors (Lipinski definition) is 6. The minimum absolute atomic E-state index is 0.0166. The third-order valence-corrected chi connectivity index (χ3v) is 5.33. The fourth-order valence-corrected chi connectivity index (χ4v) is 3.61. The number of ether oxygens (including phenoxy) is 1. The maximum Gasteiger partial charge on any atom is 0.333 e. The van der Waals surface area contributed by atoms with Crippen molar-refractivity contribution in [2.75, 3.05) is 0 Å². The molecule has 0 aromatic heterocycles. The van der Waals surface area contributed by atoms with E-state index in [1.807, 2.05) is 13.8 Å². The first kappa shape index (κ1) is 27.1. The van der Waals surface area contributed by atoms with Gasteiger partial charge in [-0.25, -0.2) is 4.79 Å². The van der Waals surface area contributed by atoms with Gasteiger partial charge < -0.3 is 9.57 Å². The summed E-state index contributed by atoms with van der Waals surface area (Å²) in [5.74, 6) is -1.44. The van der Waals surface area contributed by atoms with Crippen molar-refractivity contribution in [3.8, 4) is 0 Å². The van der Waals surface area contributed by atoms with Crippen molar-refractivity contribution in [3.63, 3.8) is 0 Å². The van der Waals surface area contributed by atoms with Crippen LogP contribution in [0.1, 0.15) is 123 Å². The van der Waals surface area contributed by atoms with E-state index in [9.17, 15) is 19.2 Å². The van der Waals surface area contributed by atoms with Crippen LogP contribution in [0.25, 0.3) is 0 Å². The van der Waals surface area contributed by atoms with Gasteiger partial charge in [0.2, 0.25) is 0 Å². The highest BCUT2D eigenvalue weighted by Gasteiger charge is 2.32. The Hall–Kier alpha value is -1.92. The second kappa shape index (κ2) is 16.7. The molecule has 0 atom stereocenters. The van der Waals surface area contributed by atoms with E-state index < -0.39 is 17.8 Å². The number of nitrogens with zero attached hydrogens (tertiary/aromatic N) is 1. The van der Waals surface area contributed by atoms with E-state index in [0.717, 1.165) is 32.1 Å². The number of imide groups is 1. The van der Waals surface area contributed by atoms with Crippen molar-refractivity contribution in [3.05, 3.63) is 0 Å². The zero-order valence-corrected chi connectivity index (χ0v) is 19.5. The van der Waals surface area contributed by atoms with Gasteiger partial charge in [-0.15, -0.1) is 5.06 Å². The Labute approximate surface area is 187 Å². The van der Waals surface area contributed by atoms with Crippen LogP contribution in [-0.2, 0) is 28.8 Å². The van der Waals surface area contributed by atoms with E-state index in [1.54, 1.807) is 0 Å². The second-order valence-electron chi connectivity index (χ2n) is 8.68. The van der Waals surface area contributed by atoms with E-state index in [-0.39, 0.29) is 31.3 Å². The monoisotopic (exact) mass is 439 g/mol. The Bertz CT molecular complexity index is 544. The van der Waals surface area contributed by atoms with Crippen molar-refractivity contribution >= 4 is 23.8 Å². The highest BCUT2D eigenvalue weighted by molar-refractivity contribution is 6.01. The van der Waals surface area contributed by atoms with Crippen molar-refractivity contribution in [1.82, 2.24) is 5.06 Å². The quantitative estimate of drug-likeness (QED) is 0.161. The van der Waals surface area contributed by atoms with Crippen LogP contribution < -0.4 is 0 Å². The molecule has 2 amide bonds. The number of hydrogen-bond donors (Lipinski definition) is 0.